The van der Waals surface area contributed by atoms with E-state index in [-0.39, 0.29) is 24.3 Å². The van der Waals surface area contributed by atoms with Gasteiger partial charge in [0, 0.05) is 47.4 Å². The third-order valence-electron chi connectivity index (χ3n) is 9.06. The number of aromatic nitrogens is 4. The number of hydrogen-bond donors (Lipinski definition) is 4. The second kappa shape index (κ2) is 22.8. The summed E-state index contributed by atoms with van der Waals surface area (Å²) in [7, 11) is 1.34. The summed E-state index contributed by atoms with van der Waals surface area (Å²) in [6.45, 7) is 9.04. The van der Waals surface area contributed by atoms with E-state index in [9.17, 15) is 18.6 Å². The summed E-state index contributed by atoms with van der Waals surface area (Å²) >= 11 is 1.95. The smallest absolute Gasteiger partial charge is 0.245 e. The van der Waals surface area contributed by atoms with Crippen LogP contribution < -0.4 is 10.0 Å². The molecule has 0 spiro atoms. The van der Waals surface area contributed by atoms with Crippen LogP contribution in [0.2, 0.25) is 0 Å². The molecular formula is C42H52N8O5S3. The van der Waals surface area contributed by atoms with Crippen LogP contribution in [0.5, 0.6) is 0 Å². The lowest BCUT2D eigenvalue weighted by Gasteiger charge is -2.23. The van der Waals surface area contributed by atoms with Gasteiger partial charge in [-0.3, -0.25) is 18.6 Å². The molecule has 2 atom stereocenters. The number of benzene rings is 2. The number of hydrogen-bond acceptors (Lipinski definition) is 9. The Morgan fingerprint density at radius 2 is 1.33 bits per heavy atom. The predicted octanol–water partition coefficient (Wildman–Crippen LogP) is 7.74. The van der Waals surface area contributed by atoms with Crippen molar-refractivity contribution in [3.8, 4) is 32.3 Å². The van der Waals surface area contributed by atoms with Crippen molar-refractivity contribution in [2.24, 2.45) is 0 Å². The van der Waals surface area contributed by atoms with Crippen molar-refractivity contribution in [2.45, 2.75) is 58.9 Å². The molecule has 0 aliphatic carbocycles. The highest BCUT2D eigenvalue weighted by molar-refractivity contribution is 7.78. The quantitative estimate of drug-likeness (QED) is 0.110. The summed E-state index contributed by atoms with van der Waals surface area (Å²) in [6, 6.07) is 21.8. The third-order valence-corrected chi connectivity index (χ3v) is 12.2. The monoisotopic (exact) mass is 844 g/mol. The zero-order chi connectivity index (χ0) is 41.3. The molecule has 2 saturated heterocycles. The molecule has 3 amide bonds. The van der Waals surface area contributed by atoms with Gasteiger partial charge in [0.15, 0.2) is 0 Å². The second-order valence-electron chi connectivity index (χ2n) is 13.6. The highest BCUT2D eigenvalue weighted by atomic mass is 32.2. The number of H-pyrrole nitrogens is 2. The first kappa shape index (κ1) is 44.1. The third kappa shape index (κ3) is 12.8. The Bertz CT molecular complexity index is 2130. The molecule has 0 saturated carbocycles. The minimum atomic E-state index is -1.68. The summed E-state index contributed by atoms with van der Waals surface area (Å²) < 4.78 is 21.6. The highest BCUT2D eigenvalue weighted by Crippen LogP contribution is 2.41. The van der Waals surface area contributed by atoms with Gasteiger partial charge in [-0.25, -0.2) is 14.2 Å². The molecular weight excluding hydrogens is 793 g/mol. The van der Waals surface area contributed by atoms with Gasteiger partial charge in [-0.1, -0.05) is 74.9 Å². The number of aromatic amines is 2. The highest BCUT2D eigenvalue weighted by Gasteiger charge is 2.29. The lowest BCUT2D eigenvalue weighted by Crippen LogP contribution is -2.40. The van der Waals surface area contributed by atoms with Crippen LogP contribution in [0, 0.1) is 0 Å². The molecule has 2 aromatic carbocycles. The first-order valence-electron chi connectivity index (χ1n) is 19.4. The van der Waals surface area contributed by atoms with Gasteiger partial charge in [-0.05, 0) is 54.5 Å². The lowest BCUT2D eigenvalue weighted by molar-refractivity contribution is -0.132. The fourth-order valence-electron chi connectivity index (χ4n) is 6.18. The Labute approximate surface area is 350 Å². The molecule has 13 nitrogen and oxygen atoms in total. The summed E-state index contributed by atoms with van der Waals surface area (Å²) in [6.07, 6.45) is 12.6. The summed E-state index contributed by atoms with van der Waals surface area (Å²) in [5.41, 5.74) is 5.31. The number of carbonyl (C=O) groups excluding carboxylic acids is 3. The van der Waals surface area contributed by atoms with Crippen molar-refractivity contribution in [3.05, 3.63) is 97.3 Å². The molecule has 2 aliphatic heterocycles. The first-order valence-corrected chi connectivity index (χ1v) is 22.1. The van der Waals surface area contributed by atoms with E-state index in [2.05, 4.69) is 80.2 Å². The fourth-order valence-corrected chi connectivity index (χ4v) is 9.08. The average molecular weight is 845 g/mol. The van der Waals surface area contributed by atoms with Gasteiger partial charge in [0.2, 0.25) is 29.0 Å². The normalized spacial score (nSPS) is 14.3. The van der Waals surface area contributed by atoms with Crippen molar-refractivity contribution in [2.75, 3.05) is 39.8 Å². The van der Waals surface area contributed by atoms with Crippen LogP contribution in [-0.2, 0) is 29.8 Å². The van der Waals surface area contributed by atoms with E-state index in [1.807, 2.05) is 54.1 Å². The molecule has 8 rings (SSSR count). The molecule has 2 aliphatic rings. The van der Waals surface area contributed by atoms with Gasteiger partial charge < -0.3 is 25.1 Å². The molecule has 4 N–H and O–H groups in total. The molecule has 58 heavy (non-hydrogen) atoms. The topological polar surface area (TPSA) is 165 Å². The largest absolute Gasteiger partial charge is 0.347 e. The van der Waals surface area contributed by atoms with Gasteiger partial charge in [0.05, 0.1) is 55.0 Å². The molecule has 16 heteroatoms. The number of nitrogens with one attached hydrogen (secondary N) is 4. The maximum Gasteiger partial charge on any atom is 0.245 e. The number of fused-ring (bicyclic) bond motifs is 1. The number of nitrogens with zero attached hydrogens (tertiary/aromatic N) is 4. The molecule has 2 fully saturated rings. The van der Waals surface area contributed by atoms with Crippen LogP contribution >= 0.6 is 22.7 Å². The molecule has 0 radical (unpaired) electrons. The second-order valence-corrected chi connectivity index (χ2v) is 16.8. The van der Waals surface area contributed by atoms with E-state index in [1.165, 1.54) is 45.2 Å². The number of rotatable bonds is 10. The number of carbonyl (C=O) groups is 3. The maximum atomic E-state index is 12.5. The first-order chi connectivity index (χ1) is 28.2. The number of imidazole rings is 2. The Hall–Kier alpha value is -5.00. The lowest BCUT2D eigenvalue weighted by atomic mass is 10.1. The fraction of sp³-hybridized carbons (Fsp3) is 0.357. The summed E-state index contributed by atoms with van der Waals surface area (Å²) in [5.74, 6) is -0.167. The SMILES string of the molecule is CC(=O)NCC(=O)N1CCCC1.CCC.COS(=O)NC(C(=O)N1CCCC1)c1ccccc1.c1ncc(-c2ccc(-c3cc4sc(-c5cnc[nH]5)cc4s3)cc2)[nH]1. The van der Waals surface area contributed by atoms with Crippen LogP contribution in [0.25, 0.3) is 41.7 Å². The van der Waals surface area contributed by atoms with Crippen molar-refractivity contribution in [1.29, 1.82) is 0 Å². The van der Waals surface area contributed by atoms with E-state index in [0.29, 0.717) is 0 Å². The maximum absolute atomic E-state index is 12.5. The van der Waals surface area contributed by atoms with Crippen LogP contribution in [0.15, 0.2) is 91.8 Å². The Balaban J connectivity index is 0.000000169. The Morgan fingerprint density at radius 1 is 0.793 bits per heavy atom. The molecule has 6 heterocycles. The minimum Gasteiger partial charge on any atom is -0.347 e. The van der Waals surface area contributed by atoms with Gasteiger partial charge in [0.25, 0.3) is 0 Å². The number of thiophene rings is 2. The summed E-state index contributed by atoms with van der Waals surface area (Å²) in [5, 5.41) is 2.49. The van der Waals surface area contributed by atoms with E-state index in [4.69, 9.17) is 4.18 Å². The van der Waals surface area contributed by atoms with Crippen LogP contribution in [0.4, 0.5) is 0 Å². The predicted molar refractivity (Wildman–Crippen MR) is 234 cm³/mol. The van der Waals surface area contributed by atoms with E-state index < -0.39 is 17.3 Å². The van der Waals surface area contributed by atoms with Crippen molar-refractivity contribution < 1.29 is 22.8 Å². The van der Waals surface area contributed by atoms with E-state index in [1.54, 1.807) is 33.8 Å². The zero-order valence-corrected chi connectivity index (χ0v) is 35.8. The van der Waals surface area contributed by atoms with Crippen molar-refractivity contribution >= 4 is 61.1 Å². The van der Waals surface area contributed by atoms with Gasteiger partial charge in [-0.15, -0.1) is 22.7 Å². The standard InChI is InChI=1S/C18H12N4S2.C13H18N2O3S.C8H14N2O2.C3H8/c1-3-12(4-2-11(1)13-7-19-9-21-13)15-5-17-18(23-15)6-16(24-17)14-8-20-10-22-14;1-18-19(17)14-12(11-7-3-2-4-8-11)13(16)15-9-5-6-10-15;1-7(11)9-6-8(12)10-4-2-3-5-10;1-3-2/h1-10H,(H,19,21)(H,20,22);2-4,7-8,12,14H,5-6,9-10H2,1H3;2-6H2,1H3,(H,9,11);3H2,1-2H3. The van der Waals surface area contributed by atoms with Crippen molar-refractivity contribution in [1.82, 2.24) is 39.8 Å². The van der Waals surface area contributed by atoms with Gasteiger partial charge >= 0.3 is 0 Å². The summed E-state index contributed by atoms with van der Waals surface area (Å²) in [4.78, 5) is 54.8. The van der Waals surface area contributed by atoms with Gasteiger partial charge in [-0.2, -0.15) is 4.72 Å². The molecule has 2 unspecified atom stereocenters. The minimum absolute atomic E-state index is 0.0303. The molecule has 6 aromatic rings. The van der Waals surface area contributed by atoms with Gasteiger partial charge in [0.1, 0.15) is 6.04 Å². The Kier molecular flexibility index (Phi) is 17.3. The molecule has 4 aromatic heterocycles. The molecule has 308 valence electrons. The van der Waals surface area contributed by atoms with E-state index in [0.717, 1.165) is 74.4 Å². The number of amides is 3. The zero-order valence-electron chi connectivity index (χ0n) is 33.4. The van der Waals surface area contributed by atoms with Crippen LogP contribution in [0.3, 0.4) is 0 Å². The van der Waals surface area contributed by atoms with E-state index >= 15 is 0 Å². The van der Waals surface area contributed by atoms with Crippen LogP contribution in [0.1, 0.15) is 64.5 Å². The van der Waals surface area contributed by atoms with Crippen molar-refractivity contribution in [3.63, 3.8) is 0 Å². The Morgan fingerprint density at radius 3 is 1.88 bits per heavy atom. The van der Waals surface area contributed by atoms with Crippen LogP contribution in [-0.4, -0.2) is 91.5 Å². The molecule has 0 bridgehead atoms. The average Bonchev–Trinajstić information content (AvgIpc) is 4.09. The number of likely N-dealkylation sites (tertiary alicyclic amines) is 2.